The normalized spacial score (nSPS) is 15.2. The summed E-state index contributed by atoms with van der Waals surface area (Å²) in [6, 6.07) is 17.2. The van der Waals surface area contributed by atoms with Crippen molar-refractivity contribution in [2.24, 2.45) is 0 Å². The van der Waals surface area contributed by atoms with E-state index in [1.807, 2.05) is 66.1 Å². The van der Waals surface area contributed by atoms with Crippen LogP contribution in [0.4, 0.5) is 0 Å². The van der Waals surface area contributed by atoms with Gasteiger partial charge in [-0.2, -0.15) is 4.31 Å². The van der Waals surface area contributed by atoms with Crippen molar-refractivity contribution in [1.29, 1.82) is 0 Å². The van der Waals surface area contributed by atoms with Crippen LogP contribution >= 0.6 is 11.8 Å². The number of thioether (sulfide) groups is 1. The van der Waals surface area contributed by atoms with Gasteiger partial charge in [0, 0.05) is 31.6 Å². The Bertz CT molecular complexity index is 1230. The van der Waals surface area contributed by atoms with Crippen LogP contribution in [0.15, 0.2) is 71.5 Å². The van der Waals surface area contributed by atoms with Gasteiger partial charge in [-0.25, -0.2) is 8.42 Å². The summed E-state index contributed by atoms with van der Waals surface area (Å²) in [5.74, 6) is 0.168. The molecule has 172 valence electrons. The third-order valence-electron chi connectivity index (χ3n) is 5.40. The molecule has 3 aromatic rings. The van der Waals surface area contributed by atoms with Crippen LogP contribution in [-0.4, -0.2) is 70.2 Å². The van der Waals surface area contributed by atoms with E-state index in [2.05, 4.69) is 10.2 Å². The minimum Gasteiger partial charge on any atom is -0.339 e. The molecule has 2 aromatic carbocycles. The van der Waals surface area contributed by atoms with E-state index in [1.165, 1.54) is 21.5 Å². The number of hydrogen-bond acceptors (Lipinski definition) is 6. The largest absolute Gasteiger partial charge is 0.339 e. The Morgan fingerprint density at radius 3 is 2.45 bits per heavy atom. The molecule has 0 atom stereocenters. The summed E-state index contributed by atoms with van der Waals surface area (Å²) in [5, 5.41) is 10.0. The number of para-hydroxylation sites is 1. The molecule has 1 fully saturated rings. The number of piperazine rings is 1. The lowest BCUT2D eigenvalue weighted by Gasteiger charge is -2.33. The van der Waals surface area contributed by atoms with E-state index in [0.717, 1.165) is 16.8 Å². The molecule has 33 heavy (non-hydrogen) atoms. The first-order chi connectivity index (χ1) is 15.9. The molecule has 4 rings (SSSR count). The summed E-state index contributed by atoms with van der Waals surface area (Å²) < 4.78 is 28.5. The highest BCUT2D eigenvalue weighted by Crippen LogP contribution is 2.22. The molecule has 1 aliphatic rings. The summed E-state index contributed by atoms with van der Waals surface area (Å²) in [5.41, 5.74) is 2.88. The minimum atomic E-state index is -3.53. The Hall–Kier alpha value is -2.95. The van der Waals surface area contributed by atoms with Crippen molar-refractivity contribution in [1.82, 2.24) is 24.0 Å². The van der Waals surface area contributed by atoms with Gasteiger partial charge >= 0.3 is 0 Å². The Balaban J connectivity index is 1.31. The summed E-state index contributed by atoms with van der Waals surface area (Å²) in [4.78, 5) is 14.4. The van der Waals surface area contributed by atoms with E-state index < -0.39 is 10.0 Å². The Labute approximate surface area is 198 Å². The Kier molecular flexibility index (Phi) is 7.26. The number of nitrogens with zero attached hydrogens (tertiary/aromatic N) is 5. The molecule has 1 aliphatic heterocycles. The van der Waals surface area contributed by atoms with E-state index in [0.29, 0.717) is 18.2 Å². The maximum absolute atomic E-state index is 12.7. The number of carbonyl (C=O) groups excluding carboxylic acids is 1. The quantitative estimate of drug-likeness (QED) is 0.480. The first-order valence-electron chi connectivity index (χ1n) is 10.5. The van der Waals surface area contributed by atoms with Gasteiger partial charge in [0.1, 0.15) is 6.33 Å². The van der Waals surface area contributed by atoms with Crippen molar-refractivity contribution in [3.8, 4) is 5.69 Å². The molecule has 0 unspecified atom stereocenters. The topological polar surface area (TPSA) is 88.4 Å². The van der Waals surface area contributed by atoms with E-state index >= 15 is 0 Å². The zero-order chi connectivity index (χ0) is 23.3. The summed E-state index contributed by atoms with van der Waals surface area (Å²) in [6.07, 6.45) is 3.23. The zero-order valence-corrected chi connectivity index (χ0v) is 19.9. The van der Waals surface area contributed by atoms with Crippen molar-refractivity contribution in [3.05, 3.63) is 77.5 Å². The first-order valence-corrected chi connectivity index (χ1v) is 13.0. The fourth-order valence-corrected chi connectivity index (χ4v) is 5.54. The fourth-order valence-electron chi connectivity index (χ4n) is 3.55. The van der Waals surface area contributed by atoms with Gasteiger partial charge in [0.25, 0.3) is 0 Å². The van der Waals surface area contributed by atoms with Crippen molar-refractivity contribution in [2.45, 2.75) is 12.1 Å². The van der Waals surface area contributed by atoms with Crippen LogP contribution < -0.4 is 0 Å². The summed E-state index contributed by atoms with van der Waals surface area (Å²) >= 11 is 1.33. The van der Waals surface area contributed by atoms with Crippen LogP contribution in [0.5, 0.6) is 0 Å². The highest BCUT2D eigenvalue weighted by Gasteiger charge is 2.27. The Morgan fingerprint density at radius 1 is 1.03 bits per heavy atom. The van der Waals surface area contributed by atoms with Gasteiger partial charge in [0.15, 0.2) is 5.16 Å². The number of aryl methyl sites for hydroxylation is 1. The van der Waals surface area contributed by atoms with Gasteiger partial charge < -0.3 is 4.90 Å². The molecule has 10 heteroatoms. The lowest BCUT2D eigenvalue weighted by Crippen LogP contribution is -2.50. The van der Waals surface area contributed by atoms with E-state index in [-0.39, 0.29) is 24.7 Å². The van der Waals surface area contributed by atoms with Crippen LogP contribution in [0.2, 0.25) is 0 Å². The zero-order valence-electron chi connectivity index (χ0n) is 18.2. The number of aromatic nitrogens is 3. The number of sulfonamides is 1. The second-order valence-corrected chi connectivity index (χ2v) is 10.4. The molecule has 0 saturated carbocycles. The minimum absolute atomic E-state index is 0.0452. The maximum atomic E-state index is 12.7. The van der Waals surface area contributed by atoms with Crippen molar-refractivity contribution < 1.29 is 13.2 Å². The average Bonchev–Trinajstić information content (AvgIpc) is 3.31. The standard InChI is InChI=1S/C23H25N5O3S2/c1-19-7-5-6-10-21(19)28-18-24-25-23(28)32-17-22(29)26-12-14-27(15-13-26)33(30,31)16-11-20-8-3-2-4-9-20/h2-11,16,18H,12-15,17H2,1H3/b16-11+. The summed E-state index contributed by atoms with van der Waals surface area (Å²) in [7, 11) is -3.53. The molecule has 1 aromatic heterocycles. The van der Waals surface area contributed by atoms with Gasteiger partial charge in [-0.3, -0.25) is 9.36 Å². The van der Waals surface area contributed by atoms with E-state index in [9.17, 15) is 13.2 Å². The molecule has 0 N–H and O–H groups in total. The van der Waals surface area contributed by atoms with Gasteiger partial charge in [-0.1, -0.05) is 60.3 Å². The summed E-state index contributed by atoms with van der Waals surface area (Å²) in [6.45, 7) is 3.29. The van der Waals surface area contributed by atoms with E-state index in [4.69, 9.17) is 0 Å². The number of rotatable bonds is 7. The average molecular weight is 484 g/mol. The van der Waals surface area contributed by atoms with Crippen LogP contribution in [0, 0.1) is 6.92 Å². The second kappa shape index (κ2) is 10.3. The lowest BCUT2D eigenvalue weighted by atomic mass is 10.2. The molecule has 0 spiro atoms. The van der Waals surface area contributed by atoms with Crippen molar-refractivity contribution in [2.75, 3.05) is 31.9 Å². The third kappa shape index (κ3) is 5.70. The van der Waals surface area contributed by atoms with Gasteiger partial charge in [-0.05, 0) is 30.2 Å². The molecule has 0 radical (unpaired) electrons. The molecular weight excluding hydrogens is 458 g/mol. The maximum Gasteiger partial charge on any atom is 0.236 e. The van der Waals surface area contributed by atoms with Gasteiger partial charge in [-0.15, -0.1) is 10.2 Å². The smallest absolute Gasteiger partial charge is 0.236 e. The van der Waals surface area contributed by atoms with Gasteiger partial charge in [0.2, 0.25) is 15.9 Å². The van der Waals surface area contributed by atoms with Crippen LogP contribution in [0.3, 0.4) is 0 Å². The first kappa shape index (κ1) is 23.2. The lowest BCUT2D eigenvalue weighted by molar-refractivity contribution is -0.129. The molecule has 0 aliphatic carbocycles. The fraction of sp³-hybridized carbons (Fsp3) is 0.261. The van der Waals surface area contributed by atoms with Crippen LogP contribution in [0.25, 0.3) is 11.8 Å². The molecular formula is C23H25N5O3S2. The molecule has 0 bridgehead atoms. The van der Waals surface area contributed by atoms with E-state index in [1.54, 1.807) is 17.3 Å². The SMILES string of the molecule is Cc1ccccc1-n1cnnc1SCC(=O)N1CCN(S(=O)(=O)/C=C/c2ccccc2)CC1. The molecule has 8 nitrogen and oxygen atoms in total. The number of amides is 1. The molecule has 1 saturated heterocycles. The van der Waals surface area contributed by atoms with Crippen molar-refractivity contribution in [3.63, 3.8) is 0 Å². The Morgan fingerprint density at radius 2 is 1.73 bits per heavy atom. The number of hydrogen-bond donors (Lipinski definition) is 0. The molecule has 1 amide bonds. The van der Waals surface area contributed by atoms with Crippen LogP contribution in [0.1, 0.15) is 11.1 Å². The number of carbonyl (C=O) groups is 1. The highest BCUT2D eigenvalue weighted by atomic mass is 32.2. The number of benzene rings is 2. The predicted molar refractivity (Wildman–Crippen MR) is 129 cm³/mol. The third-order valence-corrected chi connectivity index (χ3v) is 7.89. The monoisotopic (exact) mass is 483 g/mol. The highest BCUT2D eigenvalue weighted by molar-refractivity contribution is 7.99. The molecule has 2 heterocycles. The predicted octanol–water partition coefficient (Wildman–Crippen LogP) is 2.81. The van der Waals surface area contributed by atoms with Crippen molar-refractivity contribution >= 4 is 33.8 Å². The second-order valence-electron chi connectivity index (χ2n) is 7.60. The van der Waals surface area contributed by atoms with Gasteiger partial charge in [0.05, 0.1) is 11.4 Å². The van der Waals surface area contributed by atoms with Crippen LogP contribution in [-0.2, 0) is 14.8 Å².